The van der Waals surface area contributed by atoms with Gasteiger partial charge < -0.3 is 10.4 Å². The molecule has 1 aromatic heterocycles. The highest BCUT2D eigenvalue weighted by atomic mass is 35.5. The molecule has 23 heavy (non-hydrogen) atoms. The van der Waals surface area contributed by atoms with Gasteiger partial charge >= 0.3 is 0 Å². The van der Waals surface area contributed by atoms with Crippen LogP contribution >= 0.6 is 11.6 Å². The summed E-state index contributed by atoms with van der Waals surface area (Å²) >= 11 is 6.16. The number of aromatic nitrogens is 3. The van der Waals surface area contributed by atoms with Crippen molar-refractivity contribution in [1.82, 2.24) is 20.1 Å². The Morgan fingerprint density at radius 1 is 1.39 bits per heavy atom. The number of carbonyl (C=O) groups excluding carboxylic acids is 1. The first-order valence-electron chi connectivity index (χ1n) is 7.42. The lowest BCUT2D eigenvalue weighted by Crippen LogP contribution is -2.35. The molecule has 124 valence electrons. The minimum absolute atomic E-state index is 0.0847. The number of nitrogens with zero attached hydrogens (tertiary/aromatic N) is 3. The van der Waals surface area contributed by atoms with Crippen LogP contribution in [0.4, 0.5) is 0 Å². The number of hydrogen-bond donors (Lipinski definition) is 2. The molecule has 0 saturated carbocycles. The Morgan fingerprint density at radius 3 is 2.74 bits per heavy atom. The maximum absolute atomic E-state index is 12.2. The summed E-state index contributed by atoms with van der Waals surface area (Å²) in [5.74, 6) is 0.338. The van der Waals surface area contributed by atoms with Crippen molar-refractivity contribution in [3.63, 3.8) is 0 Å². The predicted octanol–water partition coefficient (Wildman–Crippen LogP) is 2.37. The molecule has 0 aliphatic rings. The maximum atomic E-state index is 12.2. The third kappa shape index (κ3) is 4.30. The van der Waals surface area contributed by atoms with Crippen molar-refractivity contribution in [2.75, 3.05) is 13.2 Å². The van der Waals surface area contributed by atoms with Crippen molar-refractivity contribution in [3.05, 3.63) is 40.9 Å². The summed E-state index contributed by atoms with van der Waals surface area (Å²) in [4.78, 5) is 16.4. The van der Waals surface area contributed by atoms with Crippen LogP contribution in [0.1, 0.15) is 36.7 Å². The van der Waals surface area contributed by atoms with Crippen LogP contribution in [0.15, 0.2) is 24.3 Å². The summed E-state index contributed by atoms with van der Waals surface area (Å²) in [6, 6.07) is 7.25. The van der Waals surface area contributed by atoms with E-state index in [0.717, 1.165) is 0 Å². The minimum Gasteiger partial charge on any atom is -0.396 e. The zero-order valence-electron chi connectivity index (χ0n) is 13.5. The van der Waals surface area contributed by atoms with Crippen molar-refractivity contribution >= 4 is 17.5 Å². The Hall–Kier alpha value is -1.92. The molecule has 0 fully saturated rings. The first-order valence-corrected chi connectivity index (χ1v) is 7.79. The second-order valence-corrected chi connectivity index (χ2v) is 6.57. The van der Waals surface area contributed by atoms with Crippen LogP contribution in [0.5, 0.6) is 0 Å². The molecule has 0 atom stereocenters. The number of aliphatic hydroxyl groups excluding tert-OH is 1. The van der Waals surface area contributed by atoms with E-state index in [9.17, 15) is 4.79 Å². The lowest BCUT2D eigenvalue weighted by molar-refractivity contribution is 0.0918. The summed E-state index contributed by atoms with van der Waals surface area (Å²) in [7, 11) is 0. The topological polar surface area (TPSA) is 80.0 Å². The lowest BCUT2D eigenvalue weighted by Gasteiger charge is -2.23. The van der Waals surface area contributed by atoms with Crippen LogP contribution in [-0.2, 0) is 0 Å². The van der Waals surface area contributed by atoms with Gasteiger partial charge in [-0.25, -0.2) is 9.67 Å². The van der Waals surface area contributed by atoms with Crippen LogP contribution in [0.25, 0.3) is 5.69 Å². The summed E-state index contributed by atoms with van der Waals surface area (Å²) in [6.45, 7) is 6.24. The van der Waals surface area contributed by atoms with Crippen molar-refractivity contribution < 1.29 is 9.90 Å². The van der Waals surface area contributed by atoms with E-state index in [1.807, 2.05) is 32.0 Å². The van der Waals surface area contributed by atoms with Crippen molar-refractivity contribution in [3.8, 4) is 5.69 Å². The molecule has 0 aliphatic carbocycles. The Balaban J connectivity index is 2.15. The number of hydrogen-bond acceptors (Lipinski definition) is 4. The number of amides is 1. The molecule has 1 amide bonds. The molecule has 0 aliphatic heterocycles. The fourth-order valence-electron chi connectivity index (χ4n) is 2.13. The van der Waals surface area contributed by atoms with Gasteiger partial charge in [0, 0.05) is 13.2 Å². The van der Waals surface area contributed by atoms with Gasteiger partial charge in [-0.15, -0.1) is 5.10 Å². The van der Waals surface area contributed by atoms with Crippen molar-refractivity contribution in [2.24, 2.45) is 5.41 Å². The fraction of sp³-hybridized carbons (Fsp3) is 0.438. The number of halogens is 1. The highest BCUT2D eigenvalue weighted by Crippen LogP contribution is 2.20. The summed E-state index contributed by atoms with van der Waals surface area (Å²) in [5.41, 5.74) is 0.490. The third-order valence-corrected chi connectivity index (χ3v) is 3.89. The monoisotopic (exact) mass is 336 g/mol. The van der Waals surface area contributed by atoms with Crippen LogP contribution < -0.4 is 5.32 Å². The van der Waals surface area contributed by atoms with E-state index in [0.29, 0.717) is 29.5 Å². The average Bonchev–Trinajstić information content (AvgIpc) is 2.87. The molecule has 0 spiro atoms. The van der Waals surface area contributed by atoms with Gasteiger partial charge in [0.05, 0.1) is 10.7 Å². The van der Waals surface area contributed by atoms with Gasteiger partial charge in [0.2, 0.25) is 5.82 Å². The van der Waals surface area contributed by atoms with E-state index < -0.39 is 0 Å². The van der Waals surface area contributed by atoms with Crippen LogP contribution in [-0.4, -0.2) is 38.9 Å². The van der Waals surface area contributed by atoms with Crippen molar-refractivity contribution in [1.29, 1.82) is 0 Å². The number of benzene rings is 1. The summed E-state index contributed by atoms with van der Waals surface area (Å²) < 4.78 is 1.55. The molecule has 0 saturated heterocycles. The number of nitrogens with one attached hydrogen (secondary N) is 1. The summed E-state index contributed by atoms with van der Waals surface area (Å²) in [5, 5.41) is 16.6. The molecule has 0 bridgehead atoms. The minimum atomic E-state index is -0.343. The Morgan fingerprint density at radius 2 is 2.09 bits per heavy atom. The van der Waals surface area contributed by atoms with E-state index >= 15 is 0 Å². The molecule has 2 N–H and O–H groups in total. The van der Waals surface area contributed by atoms with E-state index in [2.05, 4.69) is 15.4 Å². The van der Waals surface area contributed by atoms with Gasteiger partial charge in [-0.2, -0.15) is 0 Å². The van der Waals surface area contributed by atoms with Gasteiger partial charge in [0.15, 0.2) is 0 Å². The van der Waals surface area contributed by atoms with Gasteiger partial charge in [0.1, 0.15) is 5.82 Å². The van der Waals surface area contributed by atoms with Gasteiger partial charge in [-0.1, -0.05) is 37.6 Å². The SMILES string of the molecule is Cc1nc(C(=O)NCC(C)(C)CCO)nn1-c1ccccc1Cl. The molecule has 7 heteroatoms. The van der Waals surface area contributed by atoms with E-state index in [4.69, 9.17) is 16.7 Å². The number of aryl methyl sites for hydroxylation is 1. The third-order valence-electron chi connectivity index (χ3n) is 3.57. The lowest BCUT2D eigenvalue weighted by atomic mass is 9.90. The van der Waals surface area contributed by atoms with E-state index in [1.165, 1.54) is 0 Å². The molecule has 2 aromatic rings. The Labute approximate surface area is 140 Å². The quantitative estimate of drug-likeness (QED) is 0.848. The molecule has 2 rings (SSSR count). The number of carbonyl (C=O) groups is 1. The van der Waals surface area contributed by atoms with Gasteiger partial charge in [-0.05, 0) is 30.9 Å². The fourth-order valence-corrected chi connectivity index (χ4v) is 2.34. The highest BCUT2D eigenvalue weighted by molar-refractivity contribution is 6.32. The number of aliphatic hydroxyl groups is 1. The molecule has 1 heterocycles. The smallest absolute Gasteiger partial charge is 0.291 e. The Bertz CT molecular complexity index is 697. The Kier molecular flexibility index (Phi) is 5.38. The number of para-hydroxylation sites is 1. The molecular formula is C16H21ClN4O2. The van der Waals surface area contributed by atoms with Crippen molar-refractivity contribution in [2.45, 2.75) is 27.2 Å². The summed E-state index contributed by atoms with van der Waals surface area (Å²) in [6.07, 6.45) is 0.605. The second kappa shape index (κ2) is 7.10. The number of rotatable bonds is 6. The van der Waals surface area contributed by atoms with Crippen LogP contribution in [0.3, 0.4) is 0 Å². The molecule has 0 unspecified atom stereocenters. The van der Waals surface area contributed by atoms with Crippen LogP contribution in [0.2, 0.25) is 5.02 Å². The van der Waals surface area contributed by atoms with Gasteiger partial charge in [0.25, 0.3) is 5.91 Å². The zero-order valence-corrected chi connectivity index (χ0v) is 14.3. The van der Waals surface area contributed by atoms with E-state index in [1.54, 1.807) is 17.7 Å². The highest BCUT2D eigenvalue weighted by Gasteiger charge is 2.21. The standard InChI is InChI=1S/C16H21ClN4O2/c1-11-19-14(15(23)18-10-16(2,3)8-9-22)20-21(11)13-7-5-4-6-12(13)17/h4-7,22H,8-10H2,1-3H3,(H,18,23). The molecule has 0 radical (unpaired) electrons. The van der Waals surface area contributed by atoms with Crippen LogP contribution in [0, 0.1) is 12.3 Å². The maximum Gasteiger partial charge on any atom is 0.291 e. The molecule has 1 aromatic carbocycles. The average molecular weight is 337 g/mol. The normalized spacial score (nSPS) is 11.5. The largest absolute Gasteiger partial charge is 0.396 e. The van der Waals surface area contributed by atoms with E-state index in [-0.39, 0.29) is 23.8 Å². The molecular weight excluding hydrogens is 316 g/mol. The predicted molar refractivity (Wildman–Crippen MR) is 88.9 cm³/mol. The zero-order chi connectivity index (χ0) is 17.0. The first kappa shape index (κ1) is 17.4. The van der Waals surface area contributed by atoms with Gasteiger partial charge in [-0.3, -0.25) is 4.79 Å². The second-order valence-electron chi connectivity index (χ2n) is 6.17. The molecule has 6 nitrogen and oxygen atoms in total. The first-order chi connectivity index (χ1) is 10.8.